The number of amides is 1. The number of ether oxygens (including phenoxy) is 1. The molecule has 0 atom stereocenters. The minimum absolute atomic E-state index is 0.154. The number of thioether (sulfide) groups is 1. The van der Waals surface area contributed by atoms with Gasteiger partial charge >= 0.3 is 0 Å². The number of halogens is 1. The van der Waals surface area contributed by atoms with E-state index in [0.717, 1.165) is 11.0 Å². The number of imidazole rings is 1. The Hall–Kier alpha value is -2.11. The Morgan fingerprint density at radius 2 is 1.93 bits per heavy atom. The normalized spacial score (nSPS) is 15.4. The standard InChI is InChI=1S/C19H19ClN4O4S2/c20-13-1-6-16-17(11-13)23-19(22-16)29-12-18(25)21-14-2-4-15(5-3-14)30(26,27)24-7-9-28-10-8-24/h1-6,11H,7-10,12H2,(H,21,25)(H,22,23). The van der Waals surface area contributed by atoms with Crippen LogP contribution in [-0.4, -0.2) is 60.7 Å². The lowest BCUT2D eigenvalue weighted by molar-refractivity contribution is -0.113. The van der Waals surface area contributed by atoms with Crippen LogP contribution in [0.1, 0.15) is 0 Å². The van der Waals surface area contributed by atoms with Crippen LogP contribution in [0.2, 0.25) is 5.02 Å². The van der Waals surface area contributed by atoms with Crippen LogP contribution >= 0.6 is 23.4 Å². The van der Waals surface area contributed by atoms with E-state index in [9.17, 15) is 13.2 Å². The smallest absolute Gasteiger partial charge is 0.243 e. The van der Waals surface area contributed by atoms with Crippen LogP contribution in [0, 0.1) is 0 Å². The molecule has 1 fully saturated rings. The molecule has 2 N–H and O–H groups in total. The monoisotopic (exact) mass is 466 g/mol. The van der Waals surface area contributed by atoms with E-state index in [1.807, 2.05) is 6.07 Å². The van der Waals surface area contributed by atoms with E-state index in [-0.39, 0.29) is 16.6 Å². The number of nitrogens with zero attached hydrogens (tertiary/aromatic N) is 2. The average molecular weight is 467 g/mol. The van der Waals surface area contributed by atoms with Crippen LogP contribution < -0.4 is 5.32 Å². The summed E-state index contributed by atoms with van der Waals surface area (Å²) in [6.07, 6.45) is 0. The van der Waals surface area contributed by atoms with Crippen molar-refractivity contribution in [2.24, 2.45) is 0 Å². The van der Waals surface area contributed by atoms with Crippen LogP contribution in [-0.2, 0) is 19.6 Å². The van der Waals surface area contributed by atoms with Gasteiger partial charge in [0.25, 0.3) is 0 Å². The lowest BCUT2D eigenvalue weighted by atomic mass is 10.3. The van der Waals surface area contributed by atoms with E-state index >= 15 is 0 Å². The van der Waals surface area contributed by atoms with Gasteiger partial charge in [-0.15, -0.1) is 0 Å². The van der Waals surface area contributed by atoms with Crippen molar-refractivity contribution in [2.75, 3.05) is 37.4 Å². The molecule has 0 spiro atoms. The molecule has 4 rings (SSSR count). The number of aromatic amines is 1. The lowest BCUT2D eigenvalue weighted by Crippen LogP contribution is -2.40. The third-order valence-corrected chi connectivity index (χ3v) is 7.53. The molecule has 0 aliphatic carbocycles. The number of H-pyrrole nitrogens is 1. The van der Waals surface area contributed by atoms with Crippen molar-refractivity contribution in [3.63, 3.8) is 0 Å². The van der Waals surface area contributed by atoms with Crippen LogP contribution in [0.25, 0.3) is 11.0 Å². The molecule has 3 aromatic rings. The van der Waals surface area contributed by atoms with Gasteiger partial charge in [-0.3, -0.25) is 4.79 Å². The number of benzene rings is 2. The molecule has 2 aromatic carbocycles. The Kier molecular flexibility index (Phi) is 6.30. The highest BCUT2D eigenvalue weighted by atomic mass is 35.5. The Bertz CT molecular complexity index is 1160. The van der Waals surface area contributed by atoms with Gasteiger partial charge in [-0.1, -0.05) is 23.4 Å². The Morgan fingerprint density at radius 3 is 2.67 bits per heavy atom. The van der Waals surface area contributed by atoms with Crippen LogP contribution in [0.3, 0.4) is 0 Å². The molecule has 1 aliphatic heterocycles. The van der Waals surface area contributed by atoms with E-state index in [4.69, 9.17) is 16.3 Å². The first-order valence-corrected chi connectivity index (χ1v) is 12.0. The molecular formula is C19H19ClN4O4S2. The average Bonchev–Trinajstić information content (AvgIpc) is 3.15. The number of hydrogen-bond donors (Lipinski definition) is 2. The van der Waals surface area contributed by atoms with Gasteiger partial charge in [0.15, 0.2) is 5.16 Å². The van der Waals surface area contributed by atoms with Crippen molar-refractivity contribution >= 4 is 56.0 Å². The number of nitrogens with one attached hydrogen (secondary N) is 2. The second kappa shape index (κ2) is 8.94. The number of morpholine rings is 1. The van der Waals surface area contributed by atoms with Gasteiger partial charge in [-0.2, -0.15) is 4.31 Å². The van der Waals surface area contributed by atoms with Gasteiger partial charge in [0.05, 0.1) is 34.9 Å². The van der Waals surface area contributed by atoms with Crippen molar-refractivity contribution in [1.29, 1.82) is 0 Å². The van der Waals surface area contributed by atoms with Gasteiger partial charge in [-0.05, 0) is 42.5 Å². The third kappa shape index (κ3) is 4.79. The van der Waals surface area contributed by atoms with Crippen molar-refractivity contribution in [3.05, 3.63) is 47.5 Å². The highest BCUT2D eigenvalue weighted by molar-refractivity contribution is 7.99. The first-order valence-electron chi connectivity index (χ1n) is 9.18. The summed E-state index contributed by atoms with van der Waals surface area (Å²) in [6.45, 7) is 1.46. The summed E-state index contributed by atoms with van der Waals surface area (Å²) in [6, 6.07) is 11.5. The number of anilines is 1. The zero-order valence-electron chi connectivity index (χ0n) is 15.8. The van der Waals surface area contributed by atoms with Crippen molar-refractivity contribution < 1.29 is 17.9 Å². The predicted molar refractivity (Wildman–Crippen MR) is 116 cm³/mol. The minimum atomic E-state index is -3.55. The summed E-state index contributed by atoms with van der Waals surface area (Å²) in [7, 11) is -3.55. The van der Waals surface area contributed by atoms with E-state index in [0.29, 0.717) is 42.2 Å². The zero-order chi connectivity index (χ0) is 21.1. The number of carbonyl (C=O) groups excluding carboxylic acids is 1. The molecule has 1 saturated heterocycles. The highest BCUT2D eigenvalue weighted by Gasteiger charge is 2.26. The third-order valence-electron chi connectivity index (χ3n) is 4.51. The quantitative estimate of drug-likeness (QED) is 0.541. The molecule has 0 bridgehead atoms. The van der Waals surface area contributed by atoms with Gasteiger partial charge in [0.1, 0.15) is 0 Å². The summed E-state index contributed by atoms with van der Waals surface area (Å²) in [5.74, 6) is -0.0660. The molecule has 30 heavy (non-hydrogen) atoms. The number of rotatable bonds is 6. The Morgan fingerprint density at radius 1 is 1.20 bits per heavy atom. The lowest BCUT2D eigenvalue weighted by Gasteiger charge is -2.26. The fourth-order valence-electron chi connectivity index (χ4n) is 3.00. The minimum Gasteiger partial charge on any atom is -0.379 e. The van der Waals surface area contributed by atoms with Crippen molar-refractivity contribution in [3.8, 4) is 0 Å². The molecule has 11 heteroatoms. The molecule has 1 aliphatic rings. The SMILES string of the molecule is O=C(CSc1nc2ccc(Cl)cc2[nH]1)Nc1ccc(S(=O)(=O)N2CCOCC2)cc1. The molecule has 8 nitrogen and oxygen atoms in total. The Labute approximate surface area is 183 Å². The number of sulfonamides is 1. The second-order valence-corrected chi connectivity index (χ2v) is 9.92. The summed E-state index contributed by atoms with van der Waals surface area (Å²) in [4.78, 5) is 20.0. The number of aromatic nitrogens is 2. The maximum atomic E-state index is 12.6. The fourth-order valence-corrected chi connectivity index (χ4v) is 5.27. The zero-order valence-corrected chi connectivity index (χ0v) is 18.2. The van der Waals surface area contributed by atoms with E-state index < -0.39 is 10.0 Å². The van der Waals surface area contributed by atoms with Crippen LogP contribution in [0.5, 0.6) is 0 Å². The molecule has 0 unspecified atom stereocenters. The molecular weight excluding hydrogens is 448 g/mol. The van der Waals surface area contributed by atoms with Gasteiger partial charge in [-0.25, -0.2) is 13.4 Å². The molecule has 1 aromatic heterocycles. The first-order chi connectivity index (χ1) is 14.4. The van der Waals surface area contributed by atoms with E-state index in [1.165, 1.54) is 28.2 Å². The van der Waals surface area contributed by atoms with Crippen molar-refractivity contribution in [2.45, 2.75) is 10.1 Å². The molecule has 1 amide bonds. The maximum Gasteiger partial charge on any atom is 0.243 e. The summed E-state index contributed by atoms with van der Waals surface area (Å²) in [5, 5.41) is 3.99. The highest BCUT2D eigenvalue weighted by Crippen LogP contribution is 2.23. The second-order valence-electron chi connectivity index (χ2n) is 6.58. The number of hydrogen-bond acceptors (Lipinski definition) is 6. The summed E-state index contributed by atoms with van der Waals surface area (Å²) in [5.41, 5.74) is 2.11. The largest absolute Gasteiger partial charge is 0.379 e. The predicted octanol–water partition coefficient (Wildman–Crippen LogP) is 2.97. The van der Waals surface area contributed by atoms with Crippen LogP contribution in [0.15, 0.2) is 52.5 Å². The Balaban J connectivity index is 1.35. The number of fused-ring (bicyclic) bond motifs is 1. The van der Waals surface area contributed by atoms with Crippen LogP contribution in [0.4, 0.5) is 5.69 Å². The van der Waals surface area contributed by atoms with Gasteiger partial charge in [0.2, 0.25) is 15.9 Å². The molecule has 0 radical (unpaired) electrons. The molecule has 0 saturated carbocycles. The fraction of sp³-hybridized carbons (Fsp3) is 0.263. The molecule has 2 heterocycles. The molecule has 158 valence electrons. The van der Waals surface area contributed by atoms with Crippen molar-refractivity contribution in [1.82, 2.24) is 14.3 Å². The van der Waals surface area contributed by atoms with Gasteiger partial charge in [0, 0.05) is 23.8 Å². The maximum absolute atomic E-state index is 12.6. The number of carbonyl (C=O) groups is 1. The first kappa shape index (κ1) is 21.1. The summed E-state index contributed by atoms with van der Waals surface area (Å²) >= 11 is 7.23. The topological polar surface area (TPSA) is 104 Å². The van der Waals surface area contributed by atoms with E-state index in [1.54, 1.807) is 24.3 Å². The van der Waals surface area contributed by atoms with E-state index in [2.05, 4.69) is 15.3 Å². The summed E-state index contributed by atoms with van der Waals surface area (Å²) < 4.78 is 31.9. The van der Waals surface area contributed by atoms with Gasteiger partial charge < -0.3 is 15.0 Å².